The van der Waals surface area contributed by atoms with Gasteiger partial charge in [-0.15, -0.1) is 0 Å². The molecule has 0 fully saturated rings. The summed E-state index contributed by atoms with van der Waals surface area (Å²) in [5, 5.41) is 0. The average Bonchev–Trinajstić information content (AvgIpc) is 1.88. The quantitative estimate of drug-likeness (QED) is 0.712. The normalized spacial score (nSPS) is 10.4. The Bertz CT molecular complexity index is 223. The van der Waals surface area contributed by atoms with Crippen LogP contribution < -0.4 is 0 Å². The molecule has 0 N–H and O–H groups in total. The van der Waals surface area contributed by atoms with Gasteiger partial charge in [0.1, 0.15) is 6.33 Å². The third-order valence-electron chi connectivity index (χ3n) is 1.24. The molecule has 54 valence electrons. The van der Waals surface area contributed by atoms with E-state index >= 15 is 0 Å². The van der Waals surface area contributed by atoms with Gasteiger partial charge in [0.2, 0.25) is 0 Å². The zero-order valence-corrected chi connectivity index (χ0v) is 8.16. The minimum absolute atomic E-state index is 0.495. The summed E-state index contributed by atoms with van der Waals surface area (Å²) in [5.41, 5.74) is 1.13. The van der Waals surface area contributed by atoms with Gasteiger partial charge >= 0.3 is 0 Å². The van der Waals surface area contributed by atoms with Crippen molar-refractivity contribution < 1.29 is 0 Å². The first kappa shape index (κ1) is 7.91. The van der Waals surface area contributed by atoms with Crippen LogP contribution in [-0.2, 0) is 0 Å². The van der Waals surface area contributed by atoms with Gasteiger partial charge in [-0.25, -0.2) is 9.97 Å². The molecule has 0 bridgehead atoms. The summed E-state index contributed by atoms with van der Waals surface area (Å²) >= 11 is 2.25. The summed E-state index contributed by atoms with van der Waals surface area (Å²) in [4.78, 5) is 8.07. The highest BCUT2D eigenvalue weighted by atomic mass is 127. The van der Waals surface area contributed by atoms with Gasteiger partial charge in [0.25, 0.3) is 0 Å². The minimum Gasteiger partial charge on any atom is -0.244 e. The molecular formula is C7H9IN2. The molecule has 1 heterocycles. The second-order valence-electron chi connectivity index (χ2n) is 2.41. The van der Waals surface area contributed by atoms with Crippen LogP contribution in [0.1, 0.15) is 25.5 Å². The maximum atomic E-state index is 4.16. The van der Waals surface area contributed by atoms with Crippen molar-refractivity contribution in [3.8, 4) is 0 Å². The topological polar surface area (TPSA) is 25.8 Å². The maximum Gasteiger partial charge on any atom is 0.115 e. The van der Waals surface area contributed by atoms with E-state index in [4.69, 9.17) is 0 Å². The lowest BCUT2D eigenvalue weighted by atomic mass is 10.1. The van der Waals surface area contributed by atoms with Crippen molar-refractivity contribution in [3.05, 3.63) is 21.8 Å². The van der Waals surface area contributed by atoms with Crippen LogP contribution in [-0.4, -0.2) is 9.97 Å². The highest BCUT2D eigenvalue weighted by Gasteiger charge is 2.03. The fourth-order valence-electron chi connectivity index (χ4n) is 0.747. The second kappa shape index (κ2) is 3.27. The van der Waals surface area contributed by atoms with E-state index in [1.54, 1.807) is 6.33 Å². The molecule has 0 aliphatic heterocycles. The number of nitrogens with zero attached hydrogens (tertiary/aromatic N) is 2. The molecule has 2 nitrogen and oxygen atoms in total. The summed E-state index contributed by atoms with van der Waals surface area (Å²) in [7, 11) is 0. The van der Waals surface area contributed by atoms with Gasteiger partial charge in [0.15, 0.2) is 0 Å². The van der Waals surface area contributed by atoms with Gasteiger partial charge in [-0.05, 0) is 28.5 Å². The summed E-state index contributed by atoms with van der Waals surface area (Å²) in [6.07, 6.45) is 3.43. The number of hydrogen-bond acceptors (Lipinski definition) is 2. The third kappa shape index (κ3) is 1.65. The fraction of sp³-hybridized carbons (Fsp3) is 0.429. The molecule has 0 amide bonds. The van der Waals surface area contributed by atoms with Crippen LogP contribution in [0.2, 0.25) is 0 Å². The molecule has 0 saturated heterocycles. The first-order valence-electron chi connectivity index (χ1n) is 3.17. The van der Waals surface area contributed by atoms with Crippen molar-refractivity contribution in [2.75, 3.05) is 0 Å². The zero-order chi connectivity index (χ0) is 7.56. The number of hydrogen-bond donors (Lipinski definition) is 0. The molecular weight excluding hydrogens is 239 g/mol. The van der Waals surface area contributed by atoms with Crippen LogP contribution in [0.3, 0.4) is 0 Å². The van der Waals surface area contributed by atoms with Gasteiger partial charge < -0.3 is 0 Å². The van der Waals surface area contributed by atoms with E-state index in [1.807, 2.05) is 6.20 Å². The Morgan fingerprint density at radius 3 is 2.60 bits per heavy atom. The number of halogens is 1. The number of aromatic nitrogens is 2. The number of rotatable bonds is 1. The lowest BCUT2D eigenvalue weighted by molar-refractivity contribution is 0.805. The Balaban J connectivity index is 3.03. The largest absolute Gasteiger partial charge is 0.244 e. The molecule has 0 spiro atoms. The van der Waals surface area contributed by atoms with Crippen LogP contribution in [0.4, 0.5) is 0 Å². The van der Waals surface area contributed by atoms with Gasteiger partial charge in [0.05, 0.1) is 9.26 Å². The monoisotopic (exact) mass is 248 g/mol. The van der Waals surface area contributed by atoms with E-state index in [1.165, 1.54) is 0 Å². The molecule has 0 radical (unpaired) electrons. The highest BCUT2D eigenvalue weighted by molar-refractivity contribution is 14.1. The van der Waals surface area contributed by atoms with E-state index in [2.05, 4.69) is 46.4 Å². The van der Waals surface area contributed by atoms with E-state index in [9.17, 15) is 0 Å². The third-order valence-corrected chi connectivity index (χ3v) is 2.07. The maximum absolute atomic E-state index is 4.16. The highest BCUT2D eigenvalue weighted by Crippen LogP contribution is 2.16. The zero-order valence-electron chi connectivity index (χ0n) is 6.00. The van der Waals surface area contributed by atoms with Gasteiger partial charge in [-0.1, -0.05) is 13.8 Å². The lowest BCUT2D eigenvalue weighted by Crippen LogP contribution is -1.96. The van der Waals surface area contributed by atoms with E-state index in [0.717, 1.165) is 9.26 Å². The molecule has 0 aliphatic rings. The summed E-state index contributed by atoms with van der Waals surface area (Å²) in [6.45, 7) is 4.26. The predicted molar refractivity (Wildman–Crippen MR) is 48.8 cm³/mol. The van der Waals surface area contributed by atoms with Crippen LogP contribution in [0.25, 0.3) is 0 Å². The van der Waals surface area contributed by atoms with Crippen LogP contribution in [0.15, 0.2) is 12.5 Å². The lowest BCUT2D eigenvalue weighted by Gasteiger charge is -2.03. The van der Waals surface area contributed by atoms with Crippen LogP contribution in [0.5, 0.6) is 0 Å². The molecule has 3 heteroatoms. The minimum atomic E-state index is 0.495. The Morgan fingerprint density at radius 1 is 1.50 bits per heavy atom. The Morgan fingerprint density at radius 2 is 2.20 bits per heavy atom. The molecule has 0 unspecified atom stereocenters. The van der Waals surface area contributed by atoms with E-state index in [-0.39, 0.29) is 0 Å². The van der Waals surface area contributed by atoms with E-state index in [0.29, 0.717) is 5.92 Å². The molecule has 0 saturated carbocycles. The summed E-state index contributed by atoms with van der Waals surface area (Å²) in [5.74, 6) is 0.495. The van der Waals surface area contributed by atoms with Crippen molar-refractivity contribution >= 4 is 22.6 Å². The first-order valence-corrected chi connectivity index (χ1v) is 4.25. The van der Waals surface area contributed by atoms with Crippen LogP contribution in [0, 0.1) is 3.57 Å². The van der Waals surface area contributed by atoms with Crippen molar-refractivity contribution in [2.24, 2.45) is 0 Å². The van der Waals surface area contributed by atoms with Crippen molar-refractivity contribution in [2.45, 2.75) is 19.8 Å². The Labute approximate surface area is 74.2 Å². The van der Waals surface area contributed by atoms with Crippen molar-refractivity contribution in [1.29, 1.82) is 0 Å². The van der Waals surface area contributed by atoms with Gasteiger partial charge in [-0.2, -0.15) is 0 Å². The van der Waals surface area contributed by atoms with Crippen molar-refractivity contribution in [1.82, 2.24) is 9.97 Å². The SMILES string of the molecule is CC(C)c1ncncc1I. The molecule has 1 aromatic heterocycles. The summed E-state index contributed by atoms with van der Waals surface area (Å²) in [6, 6.07) is 0. The van der Waals surface area contributed by atoms with Gasteiger partial charge in [-0.3, -0.25) is 0 Å². The molecule has 0 aliphatic carbocycles. The Kier molecular flexibility index (Phi) is 2.59. The molecule has 0 atom stereocenters. The molecule has 0 aromatic carbocycles. The summed E-state index contributed by atoms with van der Waals surface area (Å²) < 4.78 is 1.15. The van der Waals surface area contributed by atoms with Gasteiger partial charge in [0, 0.05) is 6.20 Å². The van der Waals surface area contributed by atoms with E-state index < -0.39 is 0 Å². The first-order chi connectivity index (χ1) is 4.72. The fourth-order valence-corrected chi connectivity index (χ4v) is 1.67. The predicted octanol–water partition coefficient (Wildman–Crippen LogP) is 2.20. The average molecular weight is 248 g/mol. The molecule has 10 heavy (non-hydrogen) atoms. The van der Waals surface area contributed by atoms with Crippen molar-refractivity contribution in [3.63, 3.8) is 0 Å². The van der Waals surface area contributed by atoms with Crippen LogP contribution >= 0.6 is 22.6 Å². The smallest absolute Gasteiger partial charge is 0.115 e. The molecule has 1 aromatic rings. The second-order valence-corrected chi connectivity index (χ2v) is 3.57. The molecule has 1 rings (SSSR count). The standard InChI is InChI=1S/C7H9IN2/c1-5(2)7-6(8)3-9-4-10-7/h3-5H,1-2H3. The Hall–Kier alpha value is -0.190.